The van der Waals surface area contributed by atoms with Crippen LogP contribution in [0.1, 0.15) is 33.6 Å². The summed E-state index contributed by atoms with van der Waals surface area (Å²) in [5, 5.41) is 19.4. The highest BCUT2D eigenvalue weighted by Crippen LogP contribution is 2.31. The van der Waals surface area contributed by atoms with Crippen LogP contribution in [0.5, 0.6) is 0 Å². The fourth-order valence-corrected chi connectivity index (χ4v) is 1.53. The smallest absolute Gasteiger partial charge is 0.0901 e. The molecular formula is C10H19NO2. The monoisotopic (exact) mass is 185 g/mol. The number of rotatable bonds is 1. The van der Waals surface area contributed by atoms with Gasteiger partial charge in [-0.3, -0.25) is 0 Å². The molecular weight excluding hydrogens is 166 g/mol. The average molecular weight is 185 g/mol. The largest absolute Gasteiger partial charge is 0.387 e. The summed E-state index contributed by atoms with van der Waals surface area (Å²) < 4.78 is 0. The quantitative estimate of drug-likeness (QED) is 0.523. The van der Waals surface area contributed by atoms with Crippen LogP contribution < -0.4 is 5.73 Å². The molecule has 0 aromatic carbocycles. The molecule has 3 heteroatoms. The van der Waals surface area contributed by atoms with Gasteiger partial charge < -0.3 is 15.9 Å². The molecule has 0 amide bonds. The van der Waals surface area contributed by atoms with E-state index in [1.165, 1.54) is 0 Å². The van der Waals surface area contributed by atoms with Crippen molar-refractivity contribution in [2.75, 3.05) is 0 Å². The van der Waals surface area contributed by atoms with Gasteiger partial charge >= 0.3 is 0 Å². The summed E-state index contributed by atoms with van der Waals surface area (Å²) in [5.74, 6) is 0. The average Bonchev–Trinajstić information content (AvgIpc) is 1.92. The first-order chi connectivity index (χ1) is 5.73. The second kappa shape index (κ2) is 3.08. The zero-order chi connectivity index (χ0) is 10.3. The summed E-state index contributed by atoms with van der Waals surface area (Å²) in [5.41, 5.74) is 5.35. The van der Waals surface area contributed by atoms with Gasteiger partial charge in [0.15, 0.2) is 0 Å². The summed E-state index contributed by atoms with van der Waals surface area (Å²) >= 11 is 0. The molecule has 4 N–H and O–H groups in total. The van der Waals surface area contributed by atoms with Crippen molar-refractivity contribution in [1.82, 2.24) is 0 Å². The summed E-state index contributed by atoms with van der Waals surface area (Å²) in [6.45, 7) is 5.28. The van der Waals surface area contributed by atoms with Gasteiger partial charge in [-0.25, -0.2) is 0 Å². The van der Waals surface area contributed by atoms with Crippen LogP contribution in [-0.2, 0) is 0 Å². The molecule has 0 heterocycles. The second-order valence-corrected chi connectivity index (χ2v) is 4.70. The van der Waals surface area contributed by atoms with Gasteiger partial charge in [0.2, 0.25) is 0 Å². The molecule has 0 bridgehead atoms. The van der Waals surface area contributed by atoms with E-state index >= 15 is 0 Å². The van der Waals surface area contributed by atoms with E-state index in [1.807, 2.05) is 6.92 Å². The van der Waals surface area contributed by atoms with Crippen LogP contribution in [-0.4, -0.2) is 27.5 Å². The highest BCUT2D eigenvalue weighted by atomic mass is 16.3. The van der Waals surface area contributed by atoms with E-state index in [0.29, 0.717) is 6.42 Å². The first kappa shape index (κ1) is 10.7. The van der Waals surface area contributed by atoms with Crippen LogP contribution in [0.3, 0.4) is 0 Å². The Morgan fingerprint density at radius 1 is 1.62 bits per heavy atom. The first-order valence-corrected chi connectivity index (χ1v) is 4.64. The molecule has 0 radical (unpaired) electrons. The molecule has 0 aromatic rings. The minimum absolute atomic E-state index is 0.547. The lowest BCUT2D eigenvalue weighted by Crippen LogP contribution is -2.50. The third kappa shape index (κ3) is 2.30. The van der Waals surface area contributed by atoms with Crippen LogP contribution >= 0.6 is 0 Å². The maximum absolute atomic E-state index is 9.71. The fraction of sp³-hybridized carbons (Fsp3) is 0.800. The Balaban J connectivity index is 2.85. The fourth-order valence-electron chi connectivity index (χ4n) is 1.53. The van der Waals surface area contributed by atoms with Gasteiger partial charge in [0.1, 0.15) is 0 Å². The molecule has 1 rings (SSSR count). The number of aliphatic hydroxyl groups is 2. The molecule has 1 aliphatic rings. The molecule has 76 valence electrons. The SMILES string of the molecule is CC(C)(O)C1=CC(O)C(C)(N)CC1. The van der Waals surface area contributed by atoms with Gasteiger partial charge in [-0.1, -0.05) is 6.08 Å². The Morgan fingerprint density at radius 3 is 2.54 bits per heavy atom. The predicted octanol–water partition coefficient (Wildman–Crippen LogP) is 0.556. The predicted molar refractivity (Wildman–Crippen MR) is 52.2 cm³/mol. The van der Waals surface area contributed by atoms with Crippen LogP contribution in [0.15, 0.2) is 11.6 Å². The van der Waals surface area contributed by atoms with E-state index < -0.39 is 17.2 Å². The molecule has 13 heavy (non-hydrogen) atoms. The summed E-state index contributed by atoms with van der Waals surface area (Å²) in [6.07, 6.45) is 2.50. The molecule has 3 nitrogen and oxygen atoms in total. The lowest BCUT2D eigenvalue weighted by atomic mass is 9.78. The Kier molecular flexibility index (Phi) is 2.54. The van der Waals surface area contributed by atoms with E-state index in [9.17, 15) is 10.2 Å². The van der Waals surface area contributed by atoms with E-state index in [-0.39, 0.29) is 0 Å². The molecule has 1 aliphatic carbocycles. The van der Waals surface area contributed by atoms with Gasteiger partial charge in [0, 0.05) is 5.54 Å². The molecule has 2 unspecified atom stereocenters. The van der Waals surface area contributed by atoms with Crippen LogP contribution in [0, 0.1) is 0 Å². The minimum Gasteiger partial charge on any atom is -0.387 e. The standard InChI is InChI=1S/C10H19NO2/c1-9(2,13)7-4-5-10(3,11)8(12)6-7/h6,8,12-13H,4-5,11H2,1-3H3. The van der Waals surface area contributed by atoms with E-state index in [2.05, 4.69) is 0 Å². The number of hydrogen-bond acceptors (Lipinski definition) is 3. The molecule has 0 fully saturated rings. The Morgan fingerprint density at radius 2 is 2.15 bits per heavy atom. The Bertz CT molecular complexity index is 226. The molecule has 0 saturated heterocycles. The first-order valence-electron chi connectivity index (χ1n) is 4.64. The van der Waals surface area contributed by atoms with Crippen LogP contribution in [0.2, 0.25) is 0 Å². The minimum atomic E-state index is -0.836. The normalized spacial score (nSPS) is 35.8. The third-order valence-electron chi connectivity index (χ3n) is 2.75. The van der Waals surface area contributed by atoms with Gasteiger partial charge in [0.05, 0.1) is 11.7 Å². The van der Waals surface area contributed by atoms with Crippen molar-refractivity contribution >= 4 is 0 Å². The van der Waals surface area contributed by atoms with Crippen molar-refractivity contribution in [2.45, 2.75) is 50.9 Å². The summed E-state index contributed by atoms with van der Waals surface area (Å²) in [7, 11) is 0. The number of aliphatic hydroxyl groups excluding tert-OH is 1. The number of nitrogens with two attached hydrogens (primary N) is 1. The van der Waals surface area contributed by atoms with Crippen molar-refractivity contribution in [3.8, 4) is 0 Å². The van der Waals surface area contributed by atoms with Crippen LogP contribution in [0.4, 0.5) is 0 Å². The van der Waals surface area contributed by atoms with Gasteiger partial charge in [-0.15, -0.1) is 0 Å². The van der Waals surface area contributed by atoms with Crippen molar-refractivity contribution in [3.63, 3.8) is 0 Å². The molecule has 0 aliphatic heterocycles. The zero-order valence-electron chi connectivity index (χ0n) is 8.54. The summed E-state index contributed by atoms with van der Waals surface area (Å²) in [6, 6.07) is 0. The maximum Gasteiger partial charge on any atom is 0.0901 e. The highest BCUT2D eigenvalue weighted by molar-refractivity contribution is 5.22. The lowest BCUT2D eigenvalue weighted by molar-refractivity contribution is 0.0850. The van der Waals surface area contributed by atoms with Crippen molar-refractivity contribution in [2.24, 2.45) is 5.73 Å². The van der Waals surface area contributed by atoms with Crippen molar-refractivity contribution < 1.29 is 10.2 Å². The molecule has 0 aromatic heterocycles. The topological polar surface area (TPSA) is 66.5 Å². The lowest BCUT2D eigenvalue weighted by Gasteiger charge is -2.36. The Hall–Kier alpha value is -0.380. The van der Waals surface area contributed by atoms with Gasteiger partial charge in [0.25, 0.3) is 0 Å². The second-order valence-electron chi connectivity index (χ2n) is 4.70. The van der Waals surface area contributed by atoms with Crippen molar-refractivity contribution in [1.29, 1.82) is 0 Å². The molecule has 0 saturated carbocycles. The van der Waals surface area contributed by atoms with E-state index in [4.69, 9.17) is 5.73 Å². The van der Waals surface area contributed by atoms with E-state index in [0.717, 1.165) is 12.0 Å². The molecule has 0 spiro atoms. The number of hydrogen-bond donors (Lipinski definition) is 3. The van der Waals surface area contributed by atoms with E-state index in [1.54, 1.807) is 19.9 Å². The molecule has 2 atom stereocenters. The van der Waals surface area contributed by atoms with Gasteiger partial charge in [-0.05, 0) is 39.2 Å². The van der Waals surface area contributed by atoms with Gasteiger partial charge in [-0.2, -0.15) is 0 Å². The van der Waals surface area contributed by atoms with Crippen molar-refractivity contribution in [3.05, 3.63) is 11.6 Å². The third-order valence-corrected chi connectivity index (χ3v) is 2.75. The zero-order valence-corrected chi connectivity index (χ0v) is 8.54. The summed E-state index contributed by atoms with van der Waals surface area (Å²) in [4.78, 5) is 0. The highest BCUT2D eigenvalue weighted by Gasteiger charge is 2.34. The van der Waals surface area contributed by atoms with Crippen LogP contribution in [0.25, 0.3) is 0 Å². The Labute approximate surface area is 79.3 Å². The maximum atomic E-state index is 9.71.